The molecule has 0 radical (unpaired) electrons. The van der Waals surface area contributed by atoms with Gasteiger partial charge in [0.2, 0.25) is 4.96 Å². The predicted molar refractivity (Wildman–Crippen MR) is 120 cm³/mol. The molecule has 1 aromatic carbocycles. The molecule has 6 heteroatoms. The van der Waals surface area contributed by atoms with Crippen molar-refractivity contribution < 1.29 is 0 Å². The number of para-hydroxylation sites is 1. The zero-order valence-electron chi connectivity index (χ0n) is 17.7. The molecule has 0 amide bonds. The van der Waals surface area contributed by atoms with E-state index in [0.717, 1.165) is 23.1 Å². The maximum atomic E-state index is 13.0. The average Bonchev–Trinajstić information content (AvgIpc) is 3.15. The number of fused-ring (bicyclic) bond motifs is 2. The molecule has 0 saturated carbocycles. The Bertz CT molecular complexity index is 1440. The van der Waals surface area contributed by atoms with Gasteiger partial charge in [-0.2, -0.15) is 0 Å². The van der Waals surface area contributed by atoms with Gasteiger partial charge in [-0.1, -0.05) is 36.5 Å². The maximum absolute atomic E-state index is 13.0. The molecule has 29 heavy (non-hydrogen) atoms. The zero-order chi connectivity index (χ0) is 21.0. The fourth-order valence-electron chi connectivity index (χ4n) is 4.01. The van der Waals surface area contributed by atoms with E-state index in [1.807, 2.05) is 6.08 Å². The first-order valence-corrected chi connectivity index (χ1v) is 10.7. The van der Waals surface area contributed by atoms with Gasteiger partial charge in [0, 0.05) is 33.9 Å². The second-order valence-corrected chi connectivity index (χ2v) is 8.77. The largest absolute Gasteiger partial charge is 0.341 e. The van der Waals surface area contributed by atoms with Crippen LogP contribution in [0.4, 0.5) is 0 Å². The van der Waals surface area contributed by atoms with E-state index in [1.165, 1.54) is 26.8 Å². The van der Waals surface area contributed by atoms with Crippen molar-refractivity contribution in [3.8, 4) is 0 Å². The molecule has 0 N–H and O–H groups in total. The summed E-state index contributed by atoms with van der Waals surface area (Å²) in [5.74, 6) is 0. The third-order valence-corrected chi connectivity index (χ3v) is 6.93. The SMILES string of the molecule is CC[C@@H](C)n1c(C)c(/C=c2\sc3nc(C)c(C)c(=O)n3c2=O)c2cccc(C)c21. The summed E-state index contributed by atoms with van der Waals surface area (Å²) >= 11 is 1.28. The molecule has 5 nitrogen and oxygen atoms in total. The summed E-state index contributed by atoms with van der Waals surface area (Å²) in [4.78, 5) is 30.5. The molecule has 0 unspecified atom stereocenters. The van der Waals surface area contributed by atoms with Crippen LogP contribution in [0.2, 0.25) is 0 Å². The molecule has 0 saturated heterocycles. The predicted octanol–water partition coefficient (Wildman–Crippen LogP) is 3.82. The Hall–Kier alpha value is -2.73. The Morgan fingerprint density at radius 2 is 1.86 bits per heavy atom. The fraction of sp³-hybridized carbons (Fsp3) is 0.348. The summed E-state index contributed by atoms with van der Waals surface area (Å²) in [5.41, 5.74) is 5.22. The van der Waals surface area contributed by atoms with Crippen LogP contribution in [-0.4, -0.2) is 14.0 Å². The minimum absolute atomic E-state index is 0.275. The molecule has 3 heterocycles. The van der Waals surface area contributed by atoms with Gasteiger partial charge in [0.15, 0.2) is 0 Å². The summed E-state index contributed by atoms with van der Waals surface area (Å²) in [6.45, 7) is 12.1. The lowest BCUT2D eigenvalue weighted by Gasteiger charge is -2.16. The van der Waals surface area contributed by atoms with Crippen LogP contribution in [0.25, 0.3) is 21.9 Å². The Balaban J connectivity index is 2.11. The minimum Gasteiger partial charge on any atom is -0.341 e. The van der Waals surface area contributed by atoms with Crippen LogP contribution in [0, 0.1) is 27.7 Å². The monoisotopic (exact) mass is 407 g/mol. The van der Waals surface area contributed by atoms with Gasteiger partial charge in [-0.25, -0.2) is 9.38 Å². The molecular weight excluding hydrogens is 382 g/mol. The number of hydrogen-bond donors (Lipinski definition) is 0. The van der Waals surface area contributed by atoms with Crippen LogP contribution < -0.4 is 15.7 Å². The van der Waals surface area contributed by atoms with E-state index in [-0.39, 0.29) is 11.1 Å². The molecule has 150 valence electrons. The van der Waals surface area contributed by atoms with E-state index >= 15 is 0 Å². The molecule has 0 bridgehead atoms. The van der Waals surface area contributed by atoms with Gasteiger partial charge in [-0.15, -0.1) is 0 Å². The van der Waals surface area contributed by atoms with Crippen LogP contribution in [0.15, 0.2) is 27.8 Å². The molecule has 3 aromatic heterocycles. The number of rotatable bonds is 3. The smallest absolute Gasteiger partial charge is 0.277 e. The van der Waals surface area contributed by atoms with Crippen LogP contribution in [0.5, 0.6) is 0 Å². The second kappa shape index (κ2) is 6.95. The lowest BCUT2D eigenvalue weighted by Crippen LogP contribution is -2.32. The number of nitrogens with zero attached hydrogens (tertiary/aromatic N) is 3. The molecular formula is C23H25N3O2S. The Kier molecular flexibility index (Phi) is 4.69. The van der Waals surface area contributed by atoms with E-state index in [9.17, 15) is 9.59 Å². The maximum Gasteiger partial charge on any atom is 0.277 e. The molecule has 1 atom stereocenters. The van der Waals surface area contributed by atoms with Crippen molar-refractivity contribution in [3.05, 3.63) is 71.5 Å². The van der Waals surface area contributed by atoms with Crippen molar-refractivity contribution in [1.29, 1.82) is 0 Å². The normalized spacial score (nSPS) is 13.7. The Morgan fingerprint density at radius 3 is 2.55 bits per heavy atom. The molecule has 0 spiro atoms. The van der Waals surface area contributed by atoms with Gasteiger partial charge in [0.25, 0.3) is 11.1 Å². The third kappa shape index (κ3) is 2.85. The number of aromatic nitrogens is 3. The average molecular weight is 408 g/mol. The first-order chi connectivity index (χ1) is 13.8. The van der Waals surface area contributed by atoms with E-state index < -0.39 is 0 Å². The van der Waals surface area contributed by atoms with Crippen molar-refractivity contribution in [2.45, 2.75) is 54.0 Å². The lowest BCUT2D eigenvalue weighted by molar-refractivity contribution is 0.536. The number of thiazole rings is 1. The van der Waals surface area contributed by atoms with Crippen molar-refractivity contribution >= 4 is 33.3 Å². The van der Waals surface area contributed by atoms with Crippen molar-refractivity contribution in [3.63, 3.8) is 0 Å². The first-order valence-electron chi connectivity index (χ1n) is 9.90. The van der Waals surface area contributed by atoms with Gasteiger partial charge in [-0.3, -0.25) is 9.59 Å². The second-order valence-electron chi connectivity index (χ2n) is 7.76. The first kappa shape index (κ1) is 19.6. The van der Waals surface area contributed by atoms with Crippen LogP contribution in [-0.2, 0) is 0 Å². The van der Waals surface area contributed by atoms with Gasteiger partial charge in [0.05, 0.1) is 10.0 Å². The highest BCUT2D eigenvalue weighted by atomic mass is 32.1. The Labute approximate surface area is 172 Å². The summed E-state index contributed by atoms with van der Waals surface area (Å²) < 4.78 is 4.10. The zero-order valence-corrected chi connectivity index (χ0v) is 18.5. The van der Waals surface area contributed by atoms with E-state index in [4.69, 9.17) is 0 Å². The topological polar surface area (TPSA) is 56.4 Å². The highest BCUT2D eigenvalue weighted by molar-refractivity contribution is 7.15. The van der Waals surface area contributed by atoms with E-state index in [1.54, 1.807) is 13.8 Å². The van der Waals surface area contributed by atoms with Crippen LogP contribution in [0.1, 0.15) is 54.4 Å². The summed E-state index contributed by atoms with van der Waals surface area (Å²) in [7, 11) is 0. The standard InChI is InChI=1S/C23H25N3O2S/c1-7-13(3)25-16(6)18(17-10-8-9-12(2)20(17)25)11-19-22(28)26-21(27)14(4)15(5)24-23(26)29-19/h8-11,13H,7H2,1-6H3/b19-11-/t13-/m1/s1. The molecule has 4 rings (SSSR count). The third-order valence-electron chi connectivity index (χ3n) is 5.96. The van der Waals surface area contributed by atoms with Gasteiger partial charge < -0.3 is 4.57 Å². The van der Waals surface area contributed by atoms with Gasteiger partial charge >= 0.3 is 0 Å². The molecule has 4 aromatic rings. The van der Waals surface area contributed by atoms with Crippen molar-refractivity contribution in [2.75, 3.05) is 0 Å². The highest BCUT2D eigenvalue weighted by Crippen LogP contribution is 2.32. The van der Waals surface area contributed by atoms with Gasteiger partial charge in [0.1, 0.15) is 0 Å². The molecule has 0 aliphatic rings. The number of hydrogen-bond acceptors (Lipinski definition) is 4. The number of benzene rings is 1. The molecule has 0 aliphatic carbocycles. The van der Waals surface area contributed by atoms with Crippen LogP contribution in [0.3, 0.4) is 0 Å². The fourth-order valence-corrected chi connectivity index (χ4v) is 5.00. The minimum atomic E-state index is -0.290. The highest BCUT2D eigenvalue weighted by Gasteiger charge is 2.18. The summed E-state index contributed by atoms with van der Waals surface area (Å²) in [6, 6.07) is 6.63. The van der Waals surface area contributed by atoms with E-state index in [0.29, 0.717) is 26.8 Å². The quantitative estimate of drug-likeness (QED) is 0.519. The number of aryl methyl sites for hydroxylation is 2. The lowest BCUT2D eigenvalue weighted by atomic mass is 10.1. The summed E-state index contributed by atoms with van der Waals surface area (Å²) in [6.07, 6.45) is 2.95. The molecule has 0 fully saturated rings. The van der Waals surface area contributed by atoms with Crippen LogP contribution >= 0.6 is 11.3 Å². The van der Waals surface area contributed by atoms with E-state index in [2.05, 4.69) is 55.4 Å². The summed E-state index contributed by atoms with van der Waals surface area (Å²) in [5, 5.41) is 1.13. The molecule has 0 aliphatic heterocycles. The van der Waals surface area contributed by atoms with Gasteiger partial charge in [-0.05, 0) is 52.7 Å². The Morgan fingerprint density at radius 1 is 1.14 bits per heavy atom. The van der Waals surface area contributed by atoms with Crippen molar-refractivity contribution in [1.82, 2.24) is 14.0 Å². The van der Waals surface area contributed by atoms with Crippen molar-refractivity contribution in [2.24, 2.45) is 0 Å².